The minimum atomic E-state index is -0.175. The van der Waals surface area contributed by atoms with Crippen LogP contribution in [-0.2, 0) is 0 Å². The van der Waals surface area contributed by atoms with Gasteiger partial charge in [-0.3, -0.25) is 0 Å². The van der Waals surface area contributed by atoms with Crippen LogP contribution in [0.5, 0.6) is 0 Å². The monoisotopic (exact) mass is 185 g/mol. The zero-order chi connectivity index (χ0) is 9.68. The van der Waals surface area contributed by atoms with E-state index in [1.54, 1.807) is 0 Å². The van der Waals surface area contributed by atoms with E-state index >= 15 is 0 Å². The van der Waals surface area contributed by atoms with Crippen LogP contribution in [0.3, 0.4) is 0 Å². The van der Waals surface area contributed by atoms with Gasteiger partial charge in [0.05, 0.1) is 6.10 Å². The maximum atomic E-state index is 9.21. The van der Waals surface area contributed by atoms with Gasteiger partial charge in [0.15, 0.2) is 0 Å². The Kier molecular flexibility index (Phi) is 4.74. The van der Waals surface area contributed by atoms with E-state index in [9.17, 15) is 5.11 Å². The summed E-state index contributed by atoms with van der Waals surface area (Å²) >= 11 is 0. The molecule has 0 aromatic heterocycles. The van der Waals surface area contributed by atoms with Crippen LogP contribution in [0.2, 0.25) is 0 Å². The normalized spacial score (nSPS) is 24.2. The standard InChI is InChI=1S/C11H23NO/c1-9(8-10(2)13)12-11-6-4-3-5-7-11/h9-13H,3-8H2,1-2H3. The molecular formula is C11H23NO. The summed E-state index contributed by atoms with van der Waals surface area (Å²) in [5.41, 5.74) is 0. The van der Waals surface area contributed by atoms with Crippen molar-refractivity contribution in [2.24, 2.45) is 0 Å². The van der Waals surface area contributed by atoms with E-state index in [1.807, 2.05) is 6.92 Å². The van der Waals surface area contributed by atoms with Crippen molar-refractivity contribution in [2.45, 2.75) is 70.6 Å². The zero-order valence-electron chi connectivity index (χ0n) is 8.92. The van der Waals surface area contributed by atoms with Gasteiger partial charge in [-0.1, -0.05) is 19.3 Å². The van der Waals surface area contributed by atoms with Gasteiger partial charge in [-0.15, -0.1) is 0 Å². The zero-order valence-corrected chi connectivity index (χ0v) is 8.92. The number of hydrogen-bond acceptors (Lipinski definition) is 2. The van der Waals surface area contributed by atoms with Gasteiger partial charge in [0.1, 0.15) is 0 Å². The van der Waals surface area contributed by atoms with Gasteiger partial charge in [0.25, 0.3) is 0 Å². The summed E-state index contributed by atoms with van der Waals surface area (Å²) in [7, 11) is 0. The minimum absolute atomic E-state index is 0.175. The van der Waals surface area contributed by atoms with E-state index in [0.29, 0.717) is 12.1 Å². The van der Waals surface area contributed by atoms with Crippen LogP contribution in [0.1, 0.15) is 52.4 Å². The van der Waals surface area contributed by atoms with Crippen molar-refractivity contribution in [1.82, 2.24) is 5.32 Å². The Balaban J connectivity index is 2.14. The van der Waals surface area contributed by atoms with E-state index in [1.165, 1.54) is 32.1 Å². The average molecular weight is 185 g/mol. The second kappa shape index (κ2) is 5.61. The lowest BCUT2D eigenvalue weighted by molar-refractivity contribution is 0.165. The number of aliphatic hydroxyl groups is 1. The third-order valence-corrected chi connectivity index (χ3v) is 2.82. The quantitative estimate of drug-likeness (QED) is 0.702. The third-order valence-electron chi connectivity index (χ3n) is 2.82. The number of rotatable bonds is 4. The molecule has 2 atom stereocenters. The van der Waals surface area contributed by atoms with Gasteiger partial charge in [0, 0.05) is 12.1 Å². The molecule has 0 spiro atoms. The Bertz CT molecular complexity index is 130. The predicted molar refractivity (Wildman–Crippen MR) is 55.8 cm³/mol. The molecule has 0 heterocycles. The van der Waals surface area contributed by atoms with E-state index in [2.05, 4.69) is 12.2 Å². The molecular weight excluding hydrogens is 162 g/mol. The molecule has 2 nitrogen and oxygen atoms in total. The van der Waals surface area contributed by atoms with Crippen LogP contribution in [0.25, 0.3) is 0 Å². The van der Waals surface area contributed by atoms with Gasteiger partial charge in [-0.2, -0.15) is 0 Å². The van der Waals surface area contributed by atoms with Crippen molar-refractivity contribution < 1.29 is 5.11 Å². The molecule has 0 aromatic carbocycles. The second-order valence-electron chi connectivity index (χ2n) is 4.49. The van der Waals surface area contributed by atoms with Crippen LogP contribution >= 0.6 is 0 Å². The highest BCUT2D eigenvalue weighted by Gasteiger charge is 2.15. The molecule has 0 bridgehead atoms. The van der Waals surface area contributed by atoms with Crippen LogP contribution < -0.4 is 5.32 Å². The molecule has 2 unspecified atom stereocenters. The Labute approximate surface area is 81.7 Å². The van der Waals surface area contributed by atoms with Crippen LogP contribution in [0.4, 0.5) is 0 Å². The topological polar surface area (TPSA) is 32.3 Å². The first-order chi connectivity index (χ1) is 6.18. The van der Waals surface area contributed by atoms with Gasteiger partial charge in [0.2, 0.25) is 0 Å². The maximum Gasteiger partial charge on any atom is 0.0526 e. The molecule has 1 saturated carbocycles. The Morgan fingerprint density at radius 3 is 2.38 bits per heavy atom. The van der Waals surface area contributed by atoms with Crippen molar-refractivity contribution in [3.63, 3.8) is 0 Å². The highest BCUT2D eigenvalue weighted by atomic mass is 16.3. The molecule has 0 aliphatic heterocycles. The minimum Gasteiger partial charge on any atom is -0.393 e. The first-order valence-corrected chi connectivity index (χ1v) is 5.62. The summed E-state index contributed by atoms with van der Waals surface area (Å²) in [6, 6.07) is 1.17. The molecule has 1 fully saturated rings. The van der Waals surface area contributed by atoms with E-state index < -0.39 is 0 Å². The fourth-order valence-corrected chi connectivity index (χ4v) is 2.25. The van der Waals surface area contributed by atoms with Crippen LogP contribution in [-0.4, -0.2) is 23.3 Å². The van der Waals surface area contributed by atoms with Crippen LogP contribution in [0.15, 0.2) is 0 Å². The molecule has 2 heteroatoms. The Morgan fingerprint density at radius 2 is 1.85 bits per heavy atom. The van der Waals surface area contributed by atoms with E-state index in [0.717, 1.165) is 6.42 Å². The first-order valence-electron chi connectivity index (χ1n) is 5.62. The van der Waals surface area contributed by atoms with Crippen molar-refractivity contribution in [2.75, 3.05) is 0 Å². The Hall–Kier alpha value is -0.0800. The van der Waals surface area contributed by atoms with E-state index in [-0.39, 0.29) is 6.10 Å². The lowest BCUT2D eigenvalue weighted by Gasteiger charge is -2.27. The number of nitrogens with one attached hydrogen (secondary N) is 1. The molecule has 1 rings (SSSR count). The SMILES string of the molecule is CC(O)CC(C)NC1CCCCC1. The third kappa shape index (κ3) is 4.63. The number of aliphatic hydroxyl groups excluding tert-OH is 1. The lowest BCUT2D eigenvalue weighted by Crippen LogP contribution is -2.39. The summed E-state index contributed by atoms with van der Waals surface area (Å²) in [5.74, 6) is 0. The molecule has 0 aromatic rings. The highest BCUT2D eigenvalue weighted by molar-refractivity contribution is 4.75. The summed E-state index contributed by atoms with van der Waals surface area (Å²) in [6.07, 6.45) is 7.50. The average Bonchev–Trinajstić information content (AvgIpc) is 2.04. The lowest BCUT2D eigenvalue weighted by atomic mass is 9.94. The maximum absolute atomic E-state index is 9.21. The largest absolute Gasteiger partial charge is 0.393 e. The summed E-state index contributed by atoms with van der Waals surface area (Å²) in [6.45, 7) is 4.03. The molecule has 0 amide bonds. The van der Waals surface area contributed by atoms with Gasteiger partial charge >= 0.3 is 0 Å². The van der Waals surface area contributed by atoms with Crippen molar-refractivity contribution in [1.29, 1.82) is 0 Å². The fraction of sp³-hybridized carbons (Fsp3) is 1.00. The molecule has 13 heavy (non-hydrogen) atoms. The first kappa shape index (κ1) is 11.0. The van der Waals surface area contributed by atoms with Gasteiger partial charge in [-0.25, -0.2) is 0 Å². The molecule has 78 valence electrons. The van der Waals surface area contributed by atoms with Crippen molar-refractivity contribution >= 4 is 0 Å². The number of hydrogen-bond donors (Lipinski definition) is 2. The van der Waals surface area contributed by atoms with Gasteiger partial charge in [-0.05, 0) is 33.1 Å². The van der Waals surface area contributed by atoms with Gasteiger partial charge < -0.3 is 10.4 Å². The summed E-state index contributed by atoms with van der Waals surface area (Å²) < 4.78 is 0. The predicted octanol–water partition coefficient (Wildman–Crippen LogP) is 2.07. The Morgan fingerprint density at radius 1 is 1.23 bits per heavy atom. The second-order valence-corrected chi connectivity index (χ2v) is 4.49. The molecule has 1 aliphatic rings. The summed E-state index contributed by atoms with van der Waals surface area (Å²) in [5, 5.41) is 12.8. The molecule has 2 N–H and O–H groups in total. The highest BCUT2D eigenvalue weighted by Crippen LogP contribution is 2.18. The van der Waals surface area contributed by atoms with Crippen molar-refractivity contribution in [3.05, 3.63) is 0 Å². The molecule has 1 aliphatic carbocycles. The van der Waals surface area contributed by atoms with E-state index in [4.69, 9.17) is 0 Å². The van der Waals surface area contributed by atoms with Crippen LogP contribution in [0, 0.1) is 0 Å². The molecule has 0 saturated heterocycles. The smallest absolute Gasteiger partial charge is 0.0526 e. The van der Waals surface area contributed by atoms with Crippen molar-refractivity contribution in [3.8, 4) is 0 Å². The fourth-order valence-electron chi connectivity index (χ4n) is 2.25. The molecule has 0 radical (unpaired) electrons. The summed E-state index contributed by atoms with van der Waals surface area (Å²) in [4.78, 5) is 0.